The van der Waals surface area contributed by atoms with E-state index in [4.69, 9.17) is 18.9 Å². The summed E-state index contributed by atoms with van der Waals surface area (Å²) in [5.74, 6) is -1.90. The van der Waals surface area contributed by atoms with Crippen LogP contribution in [0.2, 0.25) is 25.7 Å². The van der Waals surface area contributed by atoms with Crippen molar-refractivity contribution in [3.05, 3.63) is 66.0 Å². The standard InChI is InChI=1S/C33H37F2N5O5Si/c1-20(22-17-44-18-22)38-33(41)39-23-13-26(34)31(27(35)14-23)45-28-8-9-37-32-30(28)25(16-40(32)19-43-10-11-46(3,4)5)24-7-6-21(15-36)12-29(24)42-2/h6-9,12-14,16,20,22H,10-11,17-19H2,1-5H3,(H2,38,39,41)/t20-/m1/s1. The summed E-state index contributed by atoms with van der Waals surface area (Å²) >= 11 is 0. The summed E-state index contributed by atoms with van der Waals surface area (Å²) in [7, 11) is 0.177. The Bertz CT molecular complexity index is 1760. The number of nitrogens with one attached hydrogen (secondary N) is 2. The zero-order chi connectivity index (χ0) is 33.0. The average Bonchev–Trinajstić information content (AvgIpc) is 3.34. The molecule has 1 aliphatic heterocycles. The first-order valence-corrected chi connectivity index (χ1v) is 18.6. The maximum Gasteiger partial charge on any atom is 0.319 e. The third kappa shape index (κ3) is 7.47. The maximum absolute atomic E-state index is 15.4. The Morgan fingerprint density at radius 3 is 2.52 bits per heavy atom. The van der Waals surface area contributed by atoms with Gasteiger partial charge in [-0.2, -0.15) is 5.26 Å². The van der Waals surface area contributed by atoms with Crippen LogP contribution in [0.1, 0.15) is 12.5 Å². The number of hydrogen-bond donors (Lipinski definition) is 2. The van der Waals surface area contributed by atoms with Gasteiger partial charge in [-0.05, 0) is 37.2 Å². The molecule has 1 aliphatic rings. The predicted molar refractivity (Wildman–Crippen MR) is 173 cm³/mol. The zero-order valence-corrected chi connectivity index (χ0v) is 27.4. The fourth-order valence-corrected chi connectivity index (χ4v) is 5.73. The van der Waals surface area contributed by atoms with Gasteiger partial charge in [-0.1, -0.05) is 19.6 Å². The van der Waals surface area contributed by atoms with Crippen molar-refractivity contribution in [2.45, 2.75) is 45.4 Å². The summed E-state index contributed by atoms with van der Waals surface area (Å²) < 4.78 is 55.3. The zero-order valence-electron chi connectivity index (χ0n) is 26.4. The van der Waals surface area contributed by atoms with Gasteiger partial charge in [0, 0.05) is 68.0 Å². The van der Waals surface area contributed by atoms with Gasteiger partial charge < -0.3 is 34.1 Å². The molecule has 2 N–H and O–H groups in total. The van der Waals surface area contributed by atoms with Crippen LogP contribution in [0.4, 0.5) is 19.3 Å². The van der Waals surface area contributed by atoms with Crippen molar-refractivity contribution in [1.82, 2.24) is 14.9 Å². The number of nitriles is 1. The molecule has 0 unspecified atom stereocenters. The molecule has 0 radical (unpaired) electrons. The number of urea groups is 1. The Labute approximate surface area is 267 Å². The molecule has 1 atom stereocenters. The van der Waals surface area contributed by atoms with Gasteiger partial charge in [0.05, 0.1) is 37.3 Å². The van der Waals surface area contributed by atoms with Gasteiger partial charge in [0.15, 0.2) is 17.4 Å². The summed E-state index contributed by atoms with van der Waals surface area (Å²) in [6.45, 7) is 10.5. The van der Waals surface area contributed by atoms with E-state index < -0.39 is 31.5 Å². The van der Waals surface area contributed by atoms with E-state index in [1.807, 2.05) is 13.1 Å². The average molecular weight is 650 g/mol. The van der Waals surface area contributed by atoms with Crippen LogP contribution in [0.25, 0.3) is 22.2 Å². The molecular formula is C33H37F2N5O5Si. The molecule has 10 nitrogen and oxygen atoms in total. The van der Waals surface area contributed by atoms with Crippen LogP contribution >= 0.6 is 0 Å². The van der Waals surface area contributed by atoms with E-state index in [0.717, 1.165) is 18.2 Å². The summed E-state index contributed by atoms with van der Waals surface area (Å²) in [6, 6.07) is 10.8. The Morgan fingerprint density at radius 1 is 1.15 bits per heavy atom. The molecule has 0 spiro atoms. The maximum atomic E-state index is 15.4. The van der Waals surface area contributed by atoms with Crippen molar-refractivity contribution in [3.8, 4) is 34.4 Å². The lowest BCUT2D eigenvalue weighted by molar-refractivity contribution is -0.0444. The van der Waals surface area contributed by atoms with E-state index in [1.54, 1.807) is 22.8 Å². The number of aromatic nitrogens is 2. The van der Waals surface area contributed by atoms with Crippen LogP contribution in [0.15, 0.2) is 48.8 Å². The molecular weight excluding hydrogens is 612 g/mol. The molecule has 2 aromatic carbocycles. The number of halogens is 2. The number of pyridine rings is 1. The van der Waals surface area contributed by atoms with Crippen LogP contribution in [-0.2, 0) is 16.2 Å². The number of anilines is 1. The fourth-order valence-electron chi connectivity index (χ4n) is 4.97. The number of nitrogens with zero attached hydrogens (tertiary/aromatic N) is 3. The highest BCUT2D eigenvalue weighted by molar-refractivity contribution is 6.76. The number of amides is 2. The molecule has 2 amide bonds. The van der Waals surface area contributed by atoms with Gasteiger partial charge in [-0.3, -0.25) is 0 Å². The molecule has 4 aromatic rings. The molecule has 5 rings (SSSR count). The number of fused-ring (bicyclic) bond motifs is 1. The minimum absolute atomic E-state index is 0.0681. The number of ether oxygens (including phenoxy) is 4. The Kier molecular flexibility index (Phi) is 9.90. The number of rotatable bonds is 12. The van der Waals surface area contributed by atoms with Crippen LogP contribution in [0, 0.1) is 28.9 Å². The lowest BCUT2D eigenvalue weighted by Gasteiger charge is -2.31. The molecule has 46 heavy (non-hydrogen) atoms. The molecule has 13 heteroatoms. The van der Waals surface area contributed by atoms with Crippen LogP contribution in [0.5, 0.6) is 17.2 Å². The number of carbonyl (C=O) groups is 1. The number of methoxy groups -OCH3 is 1. The molecule has 0 aliphatic carbocycles. The van der Waals surface area contributed by atoms with Crippen LogP contribution in [-0.4, -0.2) is 56.6 Å². The van der Waals surface area contributed by atoms with Gasteiger partial charge in [0.25, 0.3) is 0 Å². The second-order valence-electron chi connectivity index (χ2n) is 12.5. The van der Waals surface area contributed by atoms with Crippen molar-refractivity contribution in [2.24, 2.45) is 5.92 Å². The first-order chi connectivity index (χ1) is 22.0. The second-order valence-corrected chi connectivity index (χ2v) is 18.1. The van der Waals surface area contributed by atoms with Gasteiger partial charge in [0.1, 0.15) is 23.9 Å². The first-order valence-electron chi connectivity index (χ1n) is 14.9. The number of carbonyl (C=O) groups excluding carboxylic acids is 1. The summed E-state index contributed by atoms with van der Waals surface area (Å²) in [5.41, 5.74) is 2.04. The highest BCUT2D eigenvalue weighted by Crippen LogP contribution is 2.42. The third-order valence-corrected chi connectivity index (χ3v) is 9.47. The Hall–Kier alpha value is -4.51. The Morgan fingerprint density at radius 2 is 1.89 bits per heavy atom. The topological polar surface area (TPSA) is 120 Å². The fraction of sp³-hybridized carbons (Fsp3) is 0.364. The SMILES string of the molecule is COc1cc(C#N)ccc1-c1cn(COCC[Si](C)(C)C)c2nccc(Oc3c(F)cc(NC(=O)N[C@H](C)C4COC4)cc3F)c12. The second kappa shape index (κ2) is 13.9. The van der Waals surface area contributed by atoms with Crippen molar-refractivity contribution < 1.29 is 32.5 Å². The third-order valence-electron chi connectivity index (χ3n) is 7.76. The van der Waals surface area contributed by atoms with Crippen molar-refractivity contribution in [2.75, 3.05) is 32.2 Å². The van der Waals surface area contributed by atoms with Gasteiger partial charge >= 0.3 is 6.03 Å². The first kappa shape index (κ1) is 32.9. The van der Waals surface area contributed by atoms with E-state index in [2.05, 4.69) is 41.3 Å². The molecule has 2 aromatic heterocycles. The number of hydrogen-bond acceptors (Lipinski definition) is 7. The van der Waals surface area contributed by atoms with Crippen molar-refractivity contribution in [3.63, 3.8) is 0 Å². The van der Waals surface area contributed by atoms with Gasteiger partial charge in [0.2, 0.25) is 0 Å². The lowest BCUT2D eigenvalue weighted by atomic mass is 10.0. The van der Waals surface area contributed by atoms with Gasteiger partial charge in [-0.25, -0.2) is 18.6 Å². The molecule has 242 valence electrons. The predicted octanol–water partition coefficient (Wildman–Crippen LogP) is 7.12. The largest absolute Gasteiger partial charge is 0.496 e. The highest BCUT2D eigenvalue weighted by Gasteiger charge is 2.27. The number of benzene rings is 2. The Balaban J connectivity index is 1.48. The van der Waals surface area contributed by atoms with E-state index in [9.17, 15) is 10.1 Å². The minimum Gasteiger partial charge on any atom is -0.496 e. The monoisotopic (exact) mass is 649 g/mol. The van der Waals surface area contributed by atoms with E-state index in [0.29, 0.717) is 53.3 Å². The van der Waals surface area contributed by atoms with Crippen molar-refractivity contribution >= 4 is 30.8 Å². The van der Waals surface area contributed by atoms with E-state index >= 15 is 8.78 Å². The highest BCUT2D eigenvalue weighted by atomic mass is 28.3. The van der Waals surface area contributed by atoms with Crippen LogP contribution < -0.4 is 20.1 Å². The summed E-state index contributed by atoms with van der Waals surface area (Å²) in [5, 5.41) is 15.1. The quantitative estimate of drug-likeness (QED) is 0.124. The molecule has 3 heterocycles. The molecule has 0 bridgehead atoms. The lowest BCUT2D eigenvalue weighted by Crippen LogP contribution is -2.47. The van der Waals surface area contributed by atoms with Gasteiger partial charge in [-0.15, -0.1) is 0 Å². The van der Waals surface area contributed by atoms with Crippen LogP contribution in [0.3, 0.4) is 0 Å². The molecule has 1 saturated heterocycles. The smallest absolute Gasteiger partial charge is 0.319 e. The summed E-state index contributed by atoms with van der Waals surface area (Å²) in [4.78, 5) is 17.0. The van der Waals surface area contributed by atoms with Crippen molar-refractivity contribution in [1.29, 1.82) is 5.26 Å². The normalized spacial score (nSPS) is 14.0. The summed E-state index contributed by atoms with van der Waals surface area (Å²) in [6.07, 6.45) is 3.30. The minimum atomic E-state index is -1.32. The van der Waals surface area contributed by atoms with E-state index in [1.165, 1.54) is 19.4 Å². The molecule has 1 fully saturated rings. The van der Waals surface area contributed by atoms with E-state index in [-0.39, 0.29) is 30.1 Å². The molecule has 0 saturated carbocycles.